The van der Waals surface area contributed by atoms with Crippen LogP contribution < -0.4 is 0 Å². The summed E-state index contributed by atoms with van der Waals surface area (Å²) in [7, 11) is 0. The van der Waals surface area contributed by atoms with Gasteiger partial charge in [-0.25, -0.2) is 4.79 Å². The van der Waals surface area contributed by atoms with Crippen LogP contribution in [0.25, 0.3) is 0 Å². The summed E-state index contributed by atoms with van der Waals surface area (Å²) in [5.74, 6) is -2.05. The molecule has 0 saturated carbocycles. The highest BCUT2D eigenvalue weighted by Gasteiger charge is 2.28. The second-order valence-electron chi connectivity index (χ2n) is 3.68. The van der Waals surface area contributed by atoms with Crippen molar-refractivity contribution in [2.75, 3.05) is 13.1 Å². The molecule has 0 spiro atoms. The molecule has 1 atom stereocenters. The molecule has 0 aromatic rings. The van der Waals surface area contributed by atoms with E-state index in [0.29, 0.717) is 25.9 Å². The fourth-order valence-corrected chi connectivity index (χ4v) is 1.72. The van der Waals surface area contributed by atoms with E-state index in [-0.39, 0.29) is 12.0 Å². The molecule has 0 unspecified atom stereocenters. The maximum Gasteiger partial charge on any atom is 0.394 e. The van der Waals surface area contributed by atoms with Crippen molar-refractivity contribution in [3.63, 3.8) is 0 Å². The number of aliphatic hydroxyl groups is 1. The van der Waals surface area contributed by atoms with Gasteiger partial charge < -0.3 is 15.1 Å². The molecule has 0 aromatic carbocycles. The van der Waals surface area contributed by atoms with Gasteiger partial charge in [-0.05, 0) is 25.7 Å². The molecule has 1 heterocycles. The number of carbonyl (C=O) groups is 2. The molecule has 1 rings (SSSR count). The summed E-state index contributed by atoms with van der Waals surface area (Å²) in [6.45, 7) is 2.58. The molecular weight excluding hydrogens is 186 g/mol. The summed E-state index contributed by atoms with van der Waals surface area (Å²) >= 11 is 0. The molecule has 5 heteroatoms. The van der Waals surface area contributed by atoms with Gasteiger partial charge in [0.15, 0.2) is 0 Å². The third-order valence-electron chi connectivity index (χ3n) is 2.69. The Labute approximate surface area is 82.3 Å². The Kier molecular flexibility index (Phi) is 3.46. The number of piperidine rings is 1. The number of carbonyl (C=O) groups excluding carboxylic acids is 1. The van der Waals surface area contributed by atoms with Crippen molar-refractivity contribution < 1.29 is 19.8 Å². The van der Waals surface area contributed by atoms with Crippen molar-refractivity contribution in [1.29, 1.82) is 0 Å². The first-order valence-corrected chi connectivity index (χ1v) is 4.72. The minimum absolute atomic E-state index is 0.188. The molecule has 1 aliphatic heterocycles. The zero-order chi connectivity index (χ0) is 10.7. The number of aliphatic carboxylic acids is 1. The van der Waals surface area contributed by atoms with Gasteiger partial charge in [-0.1, -0.05) is 0 Å². The van der Waals surface area contributed by atoms with Crippen LogP contribution >= 0.6 is 0 Å². The number of hydrogen-bond acceptors (Lipinski definition) is 3. The second kappa shape index (κ2) is 4.41. The van der Waals surface area contributed by atoms with Crippen LogP contribution in [0.3, 0.4) is 0 Å². The lowest BCUT2D eigenvalue weighted by atomic mass is 9.92. The van der Waals surface area contributed by atoms with Crippen molar-refractivity contribution in [2.45, 2.75) is 25.9 Å². The van der Waals surface area contributed by atoms with E-state index in [9.17, 15) is 14.7 Å². The fraction of sp³-hybridized carbons (Fsp3) is 0.778. The van der Waals surface area contributed by atoms with Gasteiger partial charge in [0.2, 0.25) is 0 Å². The molecule has 14 heavy (non-hydrogen) atoms. The molecule has 1 saturated heterocycles. The maximum atomic E-state index is 11.0. The summed E-state index contributed by atoms with van der Waals surface area (Å²) in [5, 5.41) is 17.8. The molecule has 80 valence electrons. The summed E-state index contributed by atoms with van der Waals surface area (Å²) in [6, 6.07) is 0. The predicted molar refractivity (Wildman–Crippen MR) is 48.6 cm³/mol. The fourth-order valence-electron chi connectivity index (χ4n) is 1.72. The molecule has 1 aliphatic rings. The third kappa shape index (κ3) is 2.45. The van der Waals surface area contributed by atoms with Crippen molar-refractivity contribution in [3.05, 3.63) is 0 Å². The van der Waals surface area contributed by atoms with Crippen molar-refractivity contribution >= 4 is 11.9 Å². The molecule has 1 amide bonds. The molecule has 0 aromatic heterocycles. The molecular formula is C9H15NO4. The van der Waals surface area contributed by atoms with Gasteiger partial charge in [-0.15, -0.1) is 0 Å². The highest BCUT2D eigenvalue weighted by molar-refractivity contribution is 6.31. The first kappa shape index (κ1) is 11.0. The number of nitrogens with zero attached hydrogens (tertiary/aromatic N) is 1. The standard InChI is InChI=1S/C9H15NO4/c1-6(11)7-2-4-10(5-3-7)8(12)9(13)14/h6-7,11H,2-5H2,1H3,(H,13,14)/t6-/m1/s1. The van der Waals surface area contributed by atoms with Crippen LogP contribution in [0.1, 0.15) is 19.8 Å². The zero-order valence-corrected chi connectivity index (χ0v) is 8.14. The van der Waals surface area contributed by atoms with Gasteiger partial charge >= 0.3 is 11.9 Å². The Balaban J connectivity index is 2.43. The monoisotopic (exact) mass is 201 g/mol. The van der Waals surface area contributed by atoms with Gasteiger partial charge in [-0.2, -0.15) is 0 Å². The van der Waals surface area contributed by atoms with Crippen LogP contribution in [0.5, 0.6) is 0 Å². The Hall–Kier alpha value is -1.10. The summed E-state index contributed by atoms with van der Waals surface area (Å²) in [6.07, 6.45) is 0.977. The average molecular weight is 201 g/mol. The van der Waals surface area contributed by atoms with Crippen LogP contribution in [0.4, 0.5) is 0 Å². The molecule has 1 fully saturated rings. The van der Waals surface area contributed by atoms with E-state index in [1.807, 2.05) is 0 Å². The number of aliphatic hydroxyl groups excluding tert-OH is 1. The van der Waals surface area contributed by atoms with E-state index < -0.39 is 11.9 Å². The number of hydrogen-bond donors (Lipinski definition) is 2. The van der Waals surface area contributed by atoms with Crippen LogP contribution in [-0.4, -0.2) is 46.2 Å². The number of carboxylic acid groups (broad SMARTS) is 1. The number of rotatable bonds is 1. The normalized spacial score (nSPS) is 20.6. The van der Waals surface area contributed by atoms with Crippen LogP contribution in [0, 0.1) is 5.92 Å². The van der Waals surface area contributed by atoms with Gasteiger partial charge in [0.05, 0.1) is 6.10 Å². The Bertz CT molecular complexity index is 231. The minimum atomic E-state index is -1.40. The lowest BCUT2D eigenvalue weighted by molar-refractivity contribution is -0.156. The lowest BCUT2D eigenvalue weighted by Crippen LogP contribution is -2.43. The van der Waals surface area contributed by atoms with Crippen LogP contribution in [-0.2, 0) is 9.59 Å². The maximum absolute atomic E-state index is 11.0. The van der Waals surface area contributed by atoms with E-state index >= 15 is 0 Å². The summed E-state index contributed by atoms with van der Waals surface area (Å²) in [4.78, 5) is 22.7. The van der Waals surface area contributed by atoms with Crippen molar-refractivity contribution in [2.24, 2.45) is 5.92 Å². The minimum Gasteiger partial charge on any atom is -0.474 e. The lowest BCUT2D eigenvalue weighted by Gasteiger charge is -2.32. The molecule has 0 radical (unpaired) electrons. The Morgan fingerprint density at radius 2 is 1.86 bits per heavy atom. The highest BCUT2D eigenvalue weighted by Crippen LogP contribution is 2.20. The van der Waals surface area contributed by atoms with Gasteiger partial charge in [0, 0.05) is 13.1 Å². The Morgan fingerprint density at radius 1 is 1.36 bits per heavy atom. The highest BCUT2D eigenvalue weighted by atomic mass is 16.4. The van der Waals surface area contributed by atoms with Gasteiger partial charge in [-0.3, -0.25) is 4.79 Å². The van der Waals surface area contributed by atoms with Crippen LogP contribution in [0.2, 0.25) is 0 Å². The molecule has 5 nitrogen and oxygen atoms in total. The number of carboxylic acids is 1. The number of likely N-dealkylation sites (tertiary alicyclic amines) is 1. The molecule has 2 N–H and O–H groups in total. The van der Waals surface area contributed by atoms with Crippen LogP contribution in [0.15, 0.2) is 0 Å². The van der Waals surface area contributed by atoms with E-state index in [0.717, 1.165) is 0 Å². The first-order chi connectivity index (χ1) is 6.52. The van der Waals surface area contributed by atoms with E-state index in [4.69, 9.17) is 5.11 Å². The van der Waals surface area contributed by atoms with Gasteiger partial charge in [0.1, 0.15) is 0 Å². The second-order valence-corrected chi connectivity index (χ2v) is 3.68. The van der Waals surface area contributed by atoms with E-state index in [1.54, 1.807) is 6.92 Å². The Morgan fingerprint density at radius 3 is 2.21 bits per heavy atom. The van der Waals surface area contributed by atoms with Crippen molar-refractivity contribution in [1.82, 2.24) is 4.90 Å². The molecule has 0 aliphatic carbocycles. The molecule has 0 bridgehead atoms. The van der Waals surface area contributed by atoms with Crippen molar-refractivity contribution in [3.8, 4) is 0 Å². The number of amides is 1. The third-order valence-corrected chi connectivity index (χ3v) is 2.69. The predicted octanol–water partition coefficient (Wildman–Crippen LogP) is -0.310. The topological polar surface area (TPSA) is 77.8 Å². The van der Waals surface area contributed by atoms with E-state index in [2.05, 4.69) is 0 Å². The smallest absolute Gasteiger partial charge is 0.394 e. The van der Waals surface area contributed by atoms with Gasteiger partial charge in [0.25, 0.3) is 0 Å². The summed E-state index contributed by atoms with van der Waals surface area (Å²) in [5.41, 5.74) is 0. The first-order valence-electron chi connectivity index (χ1n) is 4.72. The van der Waals surface area contributed by atoms with E-state index in [1.165, 1.54) is 4.90 Å². The summed E-state index contributed by atoms with van der Waals surface area (Å²) < 4.78 is 0. The SMILES string of the molecule is C[C@@H](O)C1CCN(C(=O)C(=O)O)CC1. The average Bonchev–Trinajstić information content (AvgIpc) is 2.16. The largest absolute Gasteiger partial charge is 0.474 e. The quantitative estimate of drug-likeness (QED) is 0.570. The zero-order valence-electron chi connectivity index (χ0n) is 8.14.